The van der Waals surface area contributed by atoms with Gasteiger partial charge in [-0.1, -0.05) is 42.8 Å². The molecule has 160 valence electrons. The number of benzene rings is 2. The maximum Gasteiger partial charge on any atom is 0.251 e. The minimum absolute atomic E-state index is 0.121. The first-order valence-corrected chi connectivity index (χ1v) is 11.5. The highest BCUT2D eigenvalue weighted by molar-refractivity contribution is 7.89. The van der Waals surface area contributed by atoms with Gasteiger partial charge in [-0.15, -0.1) is 0 Å². The highest BCUT2D eigenvalue weighted by Gasteiger charge is 2.28. The van der Waals surface area contributed by atoms with Crippen LogP contribution in [0.5, 0.6) is 0 Å². The van der Waals surface area contributed by atoms with E-state index in [2.05, 4.69) is 5.32 Å². The number of nitrogens with two attached hydrogens (primary N) is 1. The molecule has 1 saturated heterocycles. The predicted molar refractivity (Wildman–Crippen MR) is 114 cm³/mol. The van der Waals surface area contributed by atoms with Crippen LogP contribution in [0.3, 0.4) is 0 Å². The summed E-state index contributed by atoms with van der Waals surface area (Å²) in [5, 5.41) is 2.64. The minimum Gasteiger partial charge on any atom is -0.368 e. The number of amides is 2. The predicted octanol–water partition coefficient (Wildman–Crippen LogP) is 2.00. The molecule has 3 rings (SSSR count). The average molecular weight is 430 g/mol. The first kappa shape index (κ1) is 22.0. The molecule has 0 spiro atoms. The Morgan fingerprint density at radius 3 is 2.37 bits per heavy atom. The monoisotopic (exact) mass is 429 g/mol. The van der Waals surface area contributed by atoms with Crippen molar-refractivity contribution < 1.29 is 18.0 Å². The van der Waals surface area contributed by atoms with E-state index in [1.54, 1.807) is 19.1 Å². The van der Waals surface area contributed by atoms with Gasteiger partial charge in [-0.3, -0.25) is 9.59 Å². The molecule has 2 aromatic rings. The zero-order valence-corrected chi connectivity index (χ0v) is 17.8. The van der Waals surface area contributed by atoms with Crippen LogP contribution in [0.4, 0.5) is 0 Å². The van der Waals surface area contributed by atoms with Gasteiger partial charge in [-0.25, -0.2) is 8.42 Å². The van der Waals surface area contributed by atoms with Crippen LogP contribution in [0.25, 0.3) is 0 Å². The fourth-order valence-electron chi connectivity index (χ4n) is 3.58. The van der Waals surface area contributed by atoms with Crippen molar-refractivity contribution in [1.82, 2.24) is 9.62 Å². The van der Waals surface area contributed by atoms with Gasteiger partial charge in [-0.05, 0) is 43.0 Å². The second-order valence-corrected chi connectivity index (χ2v) is 9.47. The second kappa shape index (κ2) is 9.40. The van der Waals surface area contributed by atoms with Crippen molar-refractivity contribution in [3.63, 3.8) is 0 Å². The lowest BCUT2D eigenvalue weighted by atomic mass is 10.0. The van der Waals surface area contributed by atoms with Gasteiger partial charge in [0.1, 0.15) is 6.04 Å². The van der Waals surface area contributed by atoms with E-state index in [-0.39, 0.29) is 16.9 Å². The van der Waals surface area contributed by atoms with E-state index >= 15 is 0 Å². The van der Waals surface area contributed by atoms with Crippen LogP contribution in [0, 0.1) is 6.92 Å². The van der Waals surface area contributed by atoms with E-state index in [1.807, 2.05) is 30.3 Å². The van der Waals surface area contributed by atoms with E-state index in [9.17, 15) is 18.0 Å². The molecular formula is C22H27N3O4S. The van der Waals surface area contributed by atoms with Gasteiger partial charge < -0.3 is 11.1 Å². The molecule has 0 bridgehead atoms. The number of nitrogens with zero attached hydrogens (tertiary/aromatic N) is 1. The lowest BCUT2D eigenvalue weighted by Crippen LogP contribution is -2.45. The van der Waals surface area contributed by atoms with Crippen molar-refractivity contribution in [3.05, 3.63) is 65.2 Å². The molecule has 8 heteroatoms. The summed E-state index contributed by atoms with van der Waals surface area (Å²) in [5.41, 5.74) is 7.09. The summed E-state index contributed by atoms with van der Waals surface area (Å²) in [4.78, 5) is 24.8. The molecule has 1 unspecified atom stereocenters. The molecule has 30 heavy (non-hydrogen) atoms. The number of hydrogen-bond acceptors (Lipinski definition) is 4. The fraction of sp³-hybridized carbons (Fsp3) is 0.364. The number of hydrogen-bond donors (Lipinski definition) is 2. The topological polar surface area (TPSA) is 110 Å². The quantitative estimate of drug-likeness (QED) is 0.701. The van der Waals surface area contributed by atoms with Gasteiger partial charge in [0.05, 0.1) is 4.90 Å². The summed E-state index contributed by atoms with van der Waals surface area (Å²) in [6.45, 7) is 2.68. The molecule has 1 aliphatic rings. The molecule has 1 fully saturated rings. The summed E-state index contributed by atoms with van der Waals surface area (Å²) in [6, 6.07) is 12.9. The van der Waals surface area contributed by atoms with Crippen molar-refractivity contribution in [2.45, 2.75) is 43.5 Å². The maximum atomic E-state index is 13.1. The second-order valence-electron chi connectivity index (χ2n) is 7.56. The summed E-state index contributed by atoms with van der Waals surface area (Å²) < 4.78 is 27.6. The van der Waals surface area contributed by atoms with Crippen LogP contribution in [0.2, 0.25) is 0 Å². The number of rotatable bonds is 7. The number of primary amides is 1. The van der Waals surface area contributed by atoms with Gasteiger partial charge >= 0.3 is 0 Å². The molecule has 0 aromatic heterocycles. The molecule has 2 amide bonds. The molecule has 0 radical (unpaired) electrons. The van der Waals surface area contributed by atoms with Gasteiger partial charge in [0, 0.05) is 25.1 Å². The Morgan fingerprint density at radius 1 is 1.07 bits per heavy atom. The summed E-state index contributed by atoms with van der Waals surface area (Å²) >= 11 is 0. The lowest BCUT2D eigenvalue weighted by molar-refractivity contribution is -0.119. The Morgan fingerprint density at radius 2 is 1.73 bits per heavy atom. The average Bonchev–Trinajstić information content (AvgIpc) is 2.74. The number of aryl methyl sites for hydroxylation is 1. The highest BCUT2D eigenvalue weighted by atomic mass is 32.2. The maximum absolute atomic E-state index is 13.1. The largest absolute Gasteiger partial charge is 0.368 e. The van der Waals surface area contributed by atoms with Gasteiger partial charge in [-0.2, -0.15) is 4.31 Å². The Hall–Kier alpha value is -2.71. The zero-order valence-electron chi connectivity index (χ0n) is 17.0. The Bertz CT molecular complexity index is 1020. The Kier molecular flexibility index (Phi) is 6.89. The van der Waals surface area contributed by atoms with Crippen molar-refractivity contribution in [2.75, 3.05) is 13.1 Å². The van der Waals surface area contributed by atoms with Crippen molar-refractivity contribution in [3.8, 4) is 0 Å². The number of nitrogens with one attached hydrogen (secondary N) is 1. The molecule has 1 heterocycles. The zero-order chi connectivity index (χ0) is 21.7. The van der Waals surface area contributed by atoms with E-state index in [0.717, 1.165) is 24.8 Å². The number of piperidine rings is 1. The van der Waals surface area contributed by atoms with Gasteiger partial charge in [0.25, 0.3) is 5.91 Å². The number of carbonyl (C=O) groups excluding carboxylic acids is 2. The molecule has 2 aromatic carbocycles. The lowest BCUT2D eigenvalue weighted by Gasteiger charge is -2.26. The standard InChI is InChI=1S/C22H27N3O4S/c1-16-10-11-18(15-20(16)30(28,29)25-12-6-3-7-13-25)22(27)24-19(21(23)26)14-17-8-4-2-5-9-17/h2,4-5,8-11,15,19H,3,6-7,12-14H2,1H3,(H2,23,26)(H,24,27). The van der Waals surface area contributed by atoms with E-state index < -0.39 is 27.9 Å². The first-order chi connectivity index (χ1) is 14.3. The molecule has 7 nitrogen and oxygen atoms in total. The molecule has 1 atom stereocenters. The van der Waals surface area contributed by atoms with Gasteiger partial charge in [0.2, 0.25) is 15.9 Å². The van der Waals surface area contributed by atoms with Crippen LogP contribution in [-0.2, 0) is 21.2 Å². The van der Waals surface area contributed by atoms with Gasteiger partial charge in [0.15, 0.2) is 0 Å². The van der Waals surface area contributed by atoms with Crippen LogP contribution in [0.1, 0.15) is 40.7 Å². The third-order valence-corrected chi connectivity index (χ3v) is 7.36. The summed E-state index contributed by atoms with van der Waals surface area (Å²) in [5.74, 6) is -1.19. The van der Waals surface area contributed by atoms with Crippen molar-refractivity contribution in [2.24, 2.45) is 5.73 Å². The van der Waals surface area contributed by atoms with Crippen LogP contribution >= 0.6 is 0 Å². The Labute approximate surface area is 177 Å². The Balaban J connectivity index is 1.82. The molecule has 0 aliphatic carbocycles. The normalized spacial score (nSPS) is 16.0. The molecule has 3 N–H and O–H groups in total. The highest BCUT2D eigenvalue weighted by Crippen LogP contribution is 2.24. The minimum atomic E-state index is -3.68. The fourth-order valence-corrected chi connectivity index (χ4v) is 5.35. The van der Waals surface area contributed by atoms with E-state index in [0.29, 0.717) is 18.7 Å². The first-order valence-electron chi connectivity index (χ1n) is 10.0. The molecule has 0 saturated carbocycles. The number of carbonyl (C=O) groups is 2. The van der Waals surface area contributed by atoms with Crippen LogP contribution < -0.4 is 11.1 Å². The smallest absolute Gasteiger partial charge is 0.251 e. The summed E-state index contributed by atoms with van der Waals surface area (Å²) in [6.07, 6.45) is 2.94. The molecule has 1 aliphatic heterocycles. The van der Waals surface area contributed by atoms with Crippen LogP contribution in [0.15, 0.2) is 53.4 Å². The third-order valence-electron chi connectivity index (χ3n) is 5.31. The van der Waals surface area contributed by atoms with E-state index in [1.165, 1.54) is 10.4 Å². The van der Waals surface area contributed by atoms with Crippen molar-refractivity contribution >= 4 is 21.8 Å². The summed E-state index contributed by atoms with van der Waals surface area (Å²) in [7, 11) is -3.68. The molecular weight excluding hydrogens is 402 g/mol. The number of sulfonamides is 1. The SMILES string of the molecule is Cc1ccc(C(=O)NC(Cc2ccccc2)C(N)=O)cc1S(=O)(=O)N1CCCCC1. The van der Waals surface area contributed by atoms with Crippen LogP contribution in [-0.4, -0.2) is 43.7 Å². The third kappa shape index (κ3) is 5.06. The van der Waals surface area contributed by atoms with Crippen molar-refractivity contribution in [1.29, 1.82) is 0 Å². The van der Waals surface area contributed by atoms with E-state index in [4.69, 9.17) is 5.73 Å².